The van der Waals surface area contributed by atoms with Crippen LogP contribution in [0.3, 0.4) is 0 Å². The Morgan fingerprint density at radius 3 is 1.75 bits per heavy atom. The molecule has 1 unspecified atom stereocenters. The van der Waals surface area contributed by atoms with Crippen LogP contribution in [-0.4, -0.2) is 24.4 Å². The smallest absolute Gasteiger partial charge is 0.0763 e. The first-order valence-corrected chi connectivity index (χ1v) is 11.3. The van der Waals surface area contributed by atoms with Gasteiger partial charge in [-0.15, -0.1) is 0 Å². The van der Waals surface area contributed by atoms with Crippen molar-refractivity contribution in [2.75, 3.05) is 13.2 Å². The van der Waals surface area contributed by atoms with Gasteiger partial charge in [-0.05, 0) is 47.6 Å². The predicted octanol–water partition coefficient (Wildman–Crippen LogP) is 6.03. The van der Waals surface area contributed by atoms with Gasteiger partial charge in [-0.1, -0.05) is 91.0 Å². The number of hydrogen-bond donors (Lipinski definition) is 1. The Morgan fingerprint density at radius 2 is 1.25 bits per heavy atom. The number of hydrogen-bond acceptors (Lipinski definition) is 3. The van der Waals surface area contributed by atoms with Crippen LogP contribution in [0.5, 0.6) is 0 Å². The van der Waals surface area contributed by atoms with Crippen molar-refractivity contribution < 1.29 is 14.6 Å². The second-order valence-corrected chi connectivity index (χ2v) is 8.87. The lowest BCUT2D eigenvalue weighted by Gasteiger charge is -2.28. The van der Waals surface area contributed by atoms with E-state index in [-0.39, 0.29) is 5.41 Å². The SMILES string of the molecule is CC(=C1CC(COCc2ccccc2)(COCc2ccccc2)CC1O)c1ccccc1. The minimum absolute atomic E-state index is 0.242. The summed E-state index contributed by atoms with van der Waals surface area (Å²) >= 11 is 0. The summed E-state index contributed by atoms with van der Waals surface area (Å²) in [6, 6.07) is 30.8. The normalized spacial score (nSPS) is 19.1. The van der Waals surface area contributed by atoms with E-state index in [1.54, 1.807) is 0 Å². The van der Waals surface area contributed by atoms with Gasteiger partial charge in [0.2, 0.25) is 0 Å². The minimum Gasteiger partial charge on any atom is -0.389 e. The molecule has 1 fully saturated rings. The number of ether oxygens (including phenoxy) is 2. The highest BCUT2D eigenvalue weighted by Gasteiger charge is 2.43. The van der Waals surface area contributed by atoms with Gasteiger partial charge in [-0.2, -0.15) is 0 Å². The van der Waals surface area contributed by atoms with Crippen LogP contribution in [0.25, 0.3) is 5.57 Å². The number of rotatable bonds is 9. The molecule has 0 saturated heterocycles. The molecule has 0 aromatic heterocycles. The fourth-order valence-electron chi connectivity index (χ4n) is 4.56. The van der Waals surface area contributed by atoms with Crippen LogP contribution in [0.4, 0.5) is 0 Å². The lowest BCUT2D eigenvalue weighted by molar-refractivity contribution is -0.0349. The first-order chi connectivity index (χ1) is 15.7. The quantitative estimate of drug-likeness (QED) is 0.452. The van der Waals surface area contributed by atoms with E-state index in [1.165, 1.54) is 0 Å². The van der Waals surface area contributed by atoms with Crippen LogP contribution in [0.2, 0.25) is 0 Å². The number of aliphatic hydroxyl groups excluding tert-OH is 1. The van der Waals surface area contributed by atoms with Crippen LogP contribution in [0.1, 0.15) is 36.5 Å². The Labute approximate surface area is 191 Å². The minimum atomic E-state index is -0.476. The molecule has 3 heteroatoms. The van der Waals surface area contributed by atoms with E-state index in [9.17, 15) is 5.11 Å². The molecule has 0 bridgehead atoms. The van der Waals surface area contributed by atoms with Crippen molar-refractivity contribution in [2.24, 2.45) is 5.41 Å². The lowest BCUT2D eigenvalue weighted by atomic mass is 9.87. The van der Waals surface area contributed by atoms with Crippen LogP contribution < -0.4 is 0 Å². The average molecular weight is 429 g/mol. The largest absolute Gasteiger partial charge is 0.389 e. The molecule has 0 spiro atoms. The van der Waals surface area contributed by atoms with E-state index in [0.29, 0.717) is 32.8 Å². The Bertz CT molecular complexity index is 951. The van der Waals surface area contributed by atoms with E-state index in [4.69, 9.17) is 9.47 Å². The molecule has 1 aliphatic carbocycles. The first-order valence-electron chi connectivity index (χ1n) is 11.3. The van der Waals surface area contributed by atoms with Crippen molar-refractivity contribution in [2.45, 2.75) is 39.1 Å². The summed E-state index contributed by atoms with van der Waals surface area (Å²) in [5.41, 5.74) is 5.49. The molecular weight excluding hydrogens is 396 g/mol. The highest BCUT2D eigenvalue weighted by Crippen LogP contribution is 2.45. The molecule has 4 rings (SSSR count). The van der Waals surface area contributed by atoms with Crippen LogP contribution in [0, 0.1) is 5.41 Å². The maximum absolute atomic E-state index is 11.0. The number of allylic oxidation sites excluding steroid dienone is 1. The predicted molar refractivity (Wildman–Crippen MR) is 129 cm³/mol. The summed E-state index contributed by atoms with van der Waals surface area (Å²) in [5, 5.41) is 11.0. The molecule has 1 saturated carbocycles. The van der Waals surface area contributed by atoms with Gasteiger partial charge in [-0.3, -0.25) is 0 Å². The Kier molecular flexibility index (Phi) is 7.54. The van der Waals surface area contributed by atoms with Gasteiger partial charge in [0.05, 0.1) is 32.5 Å². The summed E-state index contributed by atoms with van der Waals surface area (Å²) in [6.07, 6.45) is 0.949. The van der Waals surface area contributed by atoms with E-state index < -0.39 is 6.10 Å². The molecule has 166 valence electrons. The van der Waals surface area contributed by atoms with Crippen molar-refractivity contribution >= 4 is 5.57 Å². The van der Waals surface area contributed by atoms with Gasteiger partial charge < -0.3 is 14.6 Å². The third-order valence-corrected chi connectivity index (χ3v) is 6.32. The zero-order chi connectivity index (χ0) is 22.2. The standard InChI is InChI=1S/C29H32O3/c1-23(26-15-9-4-10-16-26)27-17-29(18-28(27)30,21-31-19-24-11-5-2-6-12-24)22-32-20-25-13-7-3-8-14-25/h2-16,28,30H,17-22H2,1H3. The fourth-order valence-corrected chi connectivity index (χ4v) is 4.56. The van der Waals surface area contributed by atoms with E-state index >= 15 is 0 Å². The highest BCUT2D eigenvalue weighted by atomic mass is 16.5. The Balaban J connectivity index is 1.49. The molecule has 0 heterocycles. The van der Waals surface area contributed by atoms with Gasteiger partial charge in [0.25, 0.3) is 0 Å². The van der Waals surface area contributed by atoms with Crippen molar-refractivity contribution in [1.29, 1.82) is 0 Å². The molecule has 1 aliphatic rings. The van der Waals surface area contributed by atoms with E-state index in [0.717, 1.165) is 34.3 Å². The molecule has 1 atom stereocenters. The monoisotopic (exact) mass is 428 g/mol. The fraction of sp³-hybridized carbons (Fsp3) is 0.310. The molecule has 3 aromatic carbocycles. The zero-order valence-electron chi connectivity index (χ0n) is 18.7. The van der Waals surface area contributed by atoms with Crippen molar-refractivity contribution in [3.8, 4) is 0 Å². The van der Waals surface area contributed by atoms with Gasteiger partial charge in [0, 0.05) is 5.41 Å². The molecular formula is C29H32O3. The van der Waals surface area contributed by atoms with Crippen LogP contribution in [-0.2, 0) is 22.7 Å². The molecule has 3 aromatic rings. The molecule has 1 N–H and O–H groups in total. The Morgan fingerprint density at radius 1 is 0.781 bits per heavy atom. The number of aliphatic hydroxyl groups is 1. The highest BCUT2D eigenvalue weighted by molar-refractivity contribution is 5.68. The molecule has 0 radical (unpaired) electrons. The second kappa shape index (κ2) is 10.7. The van der Waals surface area contributed by atoms with Gasteiger partial charge in [0.1, 0.15) is 0 Å². The van der Waals surface area contributed by atoms with E-state index in [2.05, 4.69) is 43.3 Å². The van der Waals surface area contributed by atoms with Gasteiger partial charge >= 0.3 is 0 Å². The topological polar surface area (TPSA) is 38.7 Å². The van der Waals surface area contributed by atoms with Crippen molar-refractivity contribution in [3.63, 3.8) is 0 Å². The molecule has 32 heavy (non-hydrogen) atoms. The van der Waals surface area contributed by atoms with Crippen LogP contribution in [0.15, 0.2) is 96.6 Å². The van der Waals surface area contributed by atoms with Gasteiger partial charge in [0.15, 0.2) is 0 Å². The zero-order valence-corrected chi connectivity index (χ0v) is 18.7. The van der Waals surface area contributed by atoms with Gasteiger partial charge in [-0.25, -0.2) is 0 Å². The Hall–Kier alpha value is -2.72. The number of benzene rings is 3. The summed E-state index contributed by atoms with van der Waals surface area (Å²) in [5.74, 6) is 0. The summed E-state index contributed by atoms with van der Waals surface area (Å²) in [6.45, 7) is 4.35. The molecule has 3 nitrogen and oxygen atoms in total. The second-order valence-electron chi connectivity index (χ2n) is 8.87. The first kappa shape index (κ1) is 22.5. The maximum atomic E-state index is 11.0. The lowest BCUT2D eigenvalue weighted by Crippen LogP contribution is -2.30. The maximum Gasteiger partial charge on any atom is 0.0763 e. The van der Waals surface area contributed by atoms with Crippen molar-refractivity contribution in [3.05, 3.63) is 113 Å². The van der Waals surface area contributed by atoms with Crippen LogP contribution >= 0.6 is 0 Å². The average Bonchev–Trinajstić information content (AvgIpc) is 3.16. The van der Waals surface area contributed by atoms with Crippen molar-refractivity contribution in [1.82, 2.24) is 0 Å². The molecule has 0 amide bonds. The third kappa shape index (κ3) is 5.74. The molecule has 0 aliphatic heterocycles. The summed E-state index contributed by atoms with van der Waals surface area (Å²) in [4.78, 5) is 0. The van der Waals surface area contributed by atoms with E-state index in [1.807, 2.05) is 54.6 Å². The third-order valence-electron chi connectivity index (χ3n) is 6.32. The summed E-state index contributed by atoms with van der Waals surface area (Å²) in [7, 11) is 0. The summed E-state index contributed by atoms with van der Waals surface area (Å²) < 4.78 is 12.4.